The number of nitrogens with one attached hydrogen (secondary N) is 2. The molecule has 0 aliphatic heterocycles. The largest absolute Gasteiger partial charge is 0.373 e. The number of hydrogen-bond acceptors (Lipinski definition) is 3. The second kappa shape index (κ2) is 4.72. The van der Waals surface area contributed by atoms with Gasteiger partial charge in [0.05, 0.1) is 0 Å². The average Bonchev–Trinajstić information content (AvgIpc) is 2.45. The van der Waals surface area contributed by atoms with Crippen LogP contribution in [0.2, 0.25) is 0 Å². The normalized spacial score (nSPS) is 36.5. The van der Waals surface area contributed by atoms with Crippen LogP contribution in [0, 0.1) is 17.8 Å². The number of anilines is 1. The van der Waals surface area contributed by atoms with E-state index in [-0.39, 0.29) is 11.4 Å². The number of pyridine rings is 1. The first-order valence-corrected chi connectivity index (χ1v) is 8.13. The molecule has 0 unspecified atom stereocenters. The standard InChI is InChI=1S/C17H23N3O/c1-18-15-4-2-3-14(19-15)16(21)20-17-8-11-5-12(9-17)7-13(6-11)10-17/h2-4,11-13H,5-10H2,1H3,(H,18,19)(H,20,21). The lowest BCUT2D eigenvalue weighted by molar-refractivity contribution is -0.0167. The highest BCUT2D eigenvalue weighted by molar-refractivity contribution is 5.93. The Bertz CT molecular complexity index is 534. The van der Waals surface area contributed by atoms with Gasteiger partial charge in [0, 0.05) is 12.6 Å². The summed E-state index contributed by atoms with van der Waals surface area (Å²) in [5.41, 5.74) is 0.584. The molecule has 1 aromatic heterocycles. The number of amides is 1. The molecule has 0 atom stereocenters. The first kappa shape index (κ1) is 13.1. The van der Waals surface area contributed by atoms with E-state index in [2.05, 4.69) is 15.6 Å². The van der Waals surface area contributed by atoms with Gasteiger partial charge < -0.3 is 10.6 Å². The van der Waals surface area contributed by atoms with Crippen LogP contribution in [0.15, 0.2) is 18.2 Å². The molecule has 0 saturated heterocycles. The molecule has 4 aliphatic rings. The maximum absolute atomic E-state index is 12.6. The van der Waals surface area contributed by atoms with Crippen molar-refractivity contribution in [3.05, 3.63) is 23.9 Å². The Labute approximate surface area is 125 Å². The molecule has 4 nitrogen and oxygen atoms in total. The third kappa shape index (κ3) is 2.30. The smallest absolute Gasteiger partial charge is 0.270 e. The zero-order valence-corrected chi connectivity index (χ0v) is 12.6. The van der Waals surface area contributed by atoms with Gasteiger partial charge in [0.25, 0.3) is 5.91 Å². The molecule has 0 aromatic carbocycles. The molecule has 112 valence electrons. The Kier molecular flexibility index (Phi) is 2.95. The number of aromatic nitrogens is 1. The molecule has 1 heterocycles. The molecule has 21 heavy (non-hydrogen) atoms. The van der Waals surface area contributed by atoms with Crippen LogP contribution < -0.4 is 10.6 Å². The predicted molar refractivity (Wildman–Crippen MR) is 82.2 cm³/mol. The fourth-order valence-electron chi connectivity index (χ4n) is 5.27. The second-order valence-corrected chi connectivity index (χ2v) is 7.31. The SMILES string of the molecule is CNc1cccc(C(=O)NC23CC4CC(CC(C4)C2)C3)n1. The molecule has 0 radical (unpaired) electrons. The summed E-state index contributed by atoms with van der Waals surface area (Å²) in [6.45, 7) is 0. The van der Waals surface area contributed by atoms with Gasteiger partial charge in [-0.3, -0.25) is 4.79 Å². The van der Waals surface area contributed by atoms with Crippen molar-refractivity contribution in [2.24, 2.45) is 17.8 Å². The third-order valence-electron chi connectivity index (χ3n) is 5.65. The summed E-state index contributed by atoms with van der Waals surface area (Å²) in [7, 11) is 1.82. The van der Waals surface area contributed by atoms with Crippen molar-refractivity contribution in [3.8, 4) is 0 Å². The summed E-state index contributed by atoms with van der Waals surface area (Å²) in [6, 6.07) is 5.56. The summed E-state index contributed by atoms with van der Waals surface area (Å²) in [5, 5.41) is 6.35. The highest BCUT2D eigenvalue weighted by atomic mass is 16.2. The summed E-state index contributed by atoms with van der Waals surface area (Å²) < 4.78 is 0. The lowest BCUT2D eigenvalue weighted by Gasteiger charge is -2.56. The molecule has 4 bridgehead atoms. The summed E-state index contributed by atoms with van der Waals surface area (Å²) in [5.74, 6) is 3.26. The van der Waals surface area contributed by atoms with Crippen LogP contribution >= 0.6 is 0 Å². The van der Waals surface area contributed by atoms with E-state index in [0.29, 0.717) is 5.69 Å². The van der Waals surface area contributed by atoms with Crippen LogP contribution in [-0.2, 0) is 0 Å². The van der Waals surface area contributed by atoms with Crippen molar-refractivity contribution in [1.29, 1.82) is 0 Å². The zero-order chi connectivity index (χ0) is 14.4. The van der Waals surface area contributed by atoms with Gasteiger partial charge in [0.15, 0.2) is 0 Å². The first-order chi connectivity index (χ1) is 10.2. The minimum Gasteiger partial charge on any atom is -0.373 e. The van der Waals surface area contributed by atoms with Crippen molar-refractivity contribution >= 4 is 11.7 Å². The fourth-order valence-corrected chi connectivity index (χ4v) is 5.27. The Morgan fingerprint density at radius 3 is 2.33 bits per heavy atom. The van der Waals surface area contributed by atoms with E-state index in [1.807, 2.05) is 19.2 Å². The van der Waals surface area contributed by atoms with Crippen molar-refractivity contribution in [1.82, 2.24) is 10.3 Å². The predicted octanol–water partition coefficient (Wildman–Crippen LogP) is 2.82. The van der Waals surface area contributed by atoms with Crippen LogP contribution in [0.4, 0.5) is 5.82 Å². The van der Waals surface area contributed by atoms with Crippen molar-refractivity contribution < 1.29 is 4.79 Å². The van der Waals surface area contributed by atoms with Gasteiger partial charge in [0.2, 0.25) is 0 Å². The van der Waals surface area contributed by atoms with E-state index in [1.54, 1.807) is 6.07 Å². The highest BCUT2D eigenvalue weighted by Gasteiger charge is 2.51. The lowest BCUT2D eigenvalue weighted by Crippen LogP contribution is -2.59. The third-order valence-corrected chi connectivity index (χ3v) is 5.65. The van der Waals surface area contributed by atoms with Gasteiger partial charge in [-0.25, -0.2) is 4.98 Å². The summed E-state index contributed by atoms with van der Waals surface area (Å²) in [4.78, 5) is 17.0. The minimum absolute atomic E-state index is 0.00551. The van der Waals surface area contributed by atoms with E-state index in [0.717, 1.165) is 23.6 Å². The Hall–Kier alpha value is -1.58. The maximum Gasteiger partial charge on any atom is 0.270 e. The highest BCUT2D eigenvalue weighted by Crippen LogP contribution is 2.55. The van der Waals surface area contributed by atoms with Crippen molar-refractivity contribution in [2.75, 3.05) is 12.4 Å². The number of rotatable bonds is 3. The number of carbonyl (C=O) groups excluding carboxylic acids is 1. The molecule has 4 saturated carbocycles. The Morgan fingerprint density at radius 1 is 1.14 bits per heavy atom. The summed E-state index contributed by atoms with van der Waals surface area (Å²) in [6.07, 6.45) is 7.71. The monoisotopic (exact) mass is 285 g/mol. The van der Waals surface area contributed by atoms with Gasteiger partial charge in [-0.15, -0.1) is 0 Å². The van der Waals surface area contributed by atoms with Gasteiger partial charge in [-0.05, 0) is 68.4 Å². The quantitative estimate of drug-likeness (QED) is 0.898. The van der Waals surface area contributed by atoms with E-state index in [1.165, 1.54) is 38.5 Å². The fraction of sp³-hybridized carbons (Fsp3) is 0.647. The molecule has 4 fully saturated rings. The van der Waals surface area contributed by atoms with Crippen LogP contribution in [0.5, 0.6) is 0 Å². The molecule has 1 amide bonds. The van der Waals surface area contributed by atoms with Crippen LogP contribution in [0.25, 0.3) is 0 Å². The van der Waals surface area contributed by atoms with E-state index in [9.17, 15) is 4.79 Å². The number of nitrogens with zero attached hydrogens (tertiary/aromatic N) is 1. The van der Waals surface area contributed by atoms with Crippen LogP contribution in [-0.4, -0.2) is 23.5 Å². The van der Waals surface area contributed by atoms with Gasteiger partial charge in [-0.2, -0.15) is 0 Å². The number of carbonyl (C=O) groups is 1. The topological polar surface area (TPSA) is 54.0 Å². The molecule has 0 spiro atoms. The van der Waals surface area contributed by atoms with E-state index >= 15 is 0 Å². The molecule has 4 aliphatic carbocycles. The van der Waals surface area contributed by atoms with Gasteiger partial charge in [-0.1, -0.05) is 6.07 Å². The van der Waals surface area contributed by atoms with Crippen LogP contribution in [0.3, 0.4) is 0 Å². The number of hydrogen-bond donors (Lipinski definition) is 2. The molecule has 2 N–H and O–H groups in total. The molecule has 4 heteroatoms. The average molecular weight is 285 g/mol. The Balaban J connectivity index is 1.54. The second-order valence-electron chi connectivity index (χ2n) is 7.31. The van der Waals surface area contributed by atoms with Gasteiger partial charge >= 0.3 is 0 Å². The maximum atomic E-state index is 12.6. The lowest BCUT2D eigenvalue weighted by atomic mass is 9.53. The van der Waals surface area contributed by atoms with E-state index < -0.39 is 0 Å². The molecule has 1 aromatic rings. The van der Waals surface area contributed by atoms with E-state index in [4.69, 9.17) is 0 Å². The van der Waals surface area contributed by atoms with Crippen molar-refractivity contribution in [2.45, 2.75) is 44.1 Å². The van der Waals surface area contributed by atoms with Gasteiger partial charge in [0.1, 0.15) is 11.5 Å². The van der Waals surface area contributed by atoms with Crippen molar-refractivity contribution in [3.63, 3.8) is 0 Å². The Morgan fingerprint density at radius 2 is 1.76 bits per heavy atom. The zero-order valence-electron chi connectivity index (χ0n) is 12.6. The van der Waals surface area contributed by atoms with Crippen LogP contribution in [0.1, 0.15) is 49.0 Å². The molecular weight excluding hydrogens is 262 g/mol. The molecule has 5 rings (SSSR count). The first-order valence-electron chi connectivity index (χ1n) is 8.13. The minimum atomic E-state index is -0.00551. The summed E-state index contributed by atoms with van der Waals surface area (Å²) >= 11 is 0. The molecular formula is C17H23N3O.